The van der Waals surface area contributed by atoms with E-state index in [1.807, 2.05) is 0 Å². The van der Waals surface area contributed by atoms with Crippen LogP contribution >= 0.6 is 0 Å². The van der Waals surface area contributed by atoms with Crippen molar-refractivity contribution in [2.45, 2.75) is 26.2 Å². The van der Waals surface area contributed by atoms with Gasteiger partial charge >= 0.3 is 0 Å². The van der Waals surface area contributed by atoms with Crippen molar-refractivity contribution >= 4 is 0 Å². The second-order valence-electron chi connectivity index (χ2n) is 3.75. The third kappa shape index (κ3) is 1.23. The van der Waals surface area contributed by atoms with E-state index < -0.39 is 0 Å². The van der Waals surface area contributed by atoms with Crippen molar-refractivity contribution in [2.24, 2.45) is 7.05 Å². The lowest BCUT2D eigenvalue weighted by molar-refractivity contribution is 0.543. The summed E-state index contributed by atoms with van der Waals surface area (Å²) >= 11 is 0. The first-order valence-corrected chi connectivity index (χ1v) is 3.63. The molecule has 10 heavy (non-hydrogen) atoms. The predicted molar refractivity (Wildman–Crippen MR) is 44.1 cm³/mol. The van der Waals surface area contributed by atoms with Crippen molar-refractivity contribution in [2.75, 3.05) is 0 Å². The molecule has 0 N–H and O–H groups in total. The molecule has 1 nitrogen and oxygen atoms in total. The third-order valence-electron chi connectivity index (χ3n) is 1.71. The Labute approximate surface area is 62.7 Å². The molecule has 0 aliphatic heterocycles. The second kappa shape index (κ2) is 2.15. The average Bonchev–Trinajstić information content (AvgIpc) is 2.11. The molecule has 0 aliphatic carbocycles. The summed E-state index contributed by atoms with van der Waals surface area (Å²) < 4.78 is 2.17. The molecule has 0 atom stereocenters. The van der Waals surface area contributed by atoms with Gasteiger partial charge in [-0.05, 0) is 12.1 Å². The van der Waals surface area contributed by atoms with Gasteiger partial charge in [0.25, 0.3) is 0 Å². The molecule has 1 heterocycles. The average molecular weight is 137 g/mol. The third-order valence-corrected chi connectivity index (χ3v) is 1.71. The first-order chi connectivity index (χ1) is 4.52. The standard InChI is InChI=1S/C9H15N/c1-9(2,3)8-6-5-7-10(8)4/h5-7H,1-4H3. The zero-order chi connectivity index (χ0) is 7.78. The summed E-state index contributed by atoms with van der Waals surface area (Å²) in [4.78, 5) is 0. The van der Waals surface area contributed by atoms with E-state index in [1.165, 1.54) is 5.69 Å². The number of nitrogens with zero attached hydrogens (tertiary/aromatic N) is 1. The maximum atomic E-state index is 2.22. The Balaban J connectivity index is 3.05. The van der Waals surface area contributed by atoms with Crippen LogP contribution in [0.3, 0.4) is 0 Å². The summed E-state index contributed by atoms with van der Waals surface area (Å²) in [7, 11) is 2.08. The fourth-order valence-corrected chi connectivity index (χ4v) is 1.24. The summed E-state index contributed by atoms with van der Waals surface area (Å²) in [5.74, 6) is 0. The zero-order valence-corrected chi connectivity index (χ0v) is 7.18. The topological polar surface area (TPSA) is 4.93 Å². The monoisotopic (exact) mass is 137 g/mol. The number of hydrogen-bond acceptors (Lipinski definition) is 0. The van der Waals surface area contributed by atoms with Crippen molar-refractivity contribution in [3.05, 3.63) is 24.0 Å². The minimum atomic E-state index is 0.276. The molecule has 0 fully saturated rings. The molecule has 0 spiro atoms. The van der Waals surface area contributed by atoms with Gasteiger partial charge in [0, 0.05) is 24.4 Å². The first-order valence-electron chi connectivity index (χ1n) is 3.63. The van der Waals surface area contributed by atoms with Gasteiger partial charge in [0.1, 0.15) is 0 Å². The Morgan fingerprint density at radius 1 is 1.30 bits per heavy atom. The molecule has 0 unspecified atom stereocenters. The Morgan fingerprint density at radius 2 is 1.90 bits per heavy atom. The van der Waals surface area contributed by atoms with Crippen molar-refractivity contribution in [3.63, 3.8) is 0 Å². The van der Waals surface area contributed by atoms with Gasteiger partial charge < -0.3 is 4.57 Å². The normalized spacial score (nSPS) is 12.0. The molecule has 0 aromatic carbocycles. The molecule has 1 heteroatoms. The number of rotatable bonds is 0. The molecule has 1 aromatic heterocycles. The highest BCUT2D eigenvalue weighted by atomic mass is 14.9. The number of aryl methyl sites for hydroxylation is 1. The van der Waals surface area contributed by atoms with Crippen LogP contribution in [0.1, 0.15) is 26.5 Å². The number of aromatic nitrogens is 1. The highest BCUT2D eigenvalue weighted by Crippen LogP contribution is 2.21. The van der Waals surface area contributed by atoms with Gasteiger partial charge in [0.05, 0.1) is 0 Å². The van der Waals surface area contributed by atoms with Crippen molar-refractivity contribution in [1.29, 1.82) is 0 Å². The fourth-order valence-electron chi connectivity index (χ4n) is 1.24. The lowest BCUT2D eigenvalue weighted by Gasteiger charge is -2.19. The second-order valence-corrected chi connectivity index (χ2v) is 3.75. The molecule has 56 valence electrons. The van der Waals surface area contributed by atoms with Gasteiger partial charge in [-0.1, -0.05) is 20.8 Å². The summed E-state index contributed by atoms with van der Waals surface area (Å²) in [6, 6.07) is 4.25. The maximum absolute atomic E-state index is 2.22. The Bertz CT molecular complexity index is 215. The Morgan fingerprint density at radius 3 is 2.10 bits per heavy atom. The molecule has 0 saturated carbocycles. The van der Waals surface area contributed by atoms with Crippen LogP contribution in [-0.4, -0.2) is 4.57 Å². The van der Waals surface area contributed by atoms with Gasteiger partial charge in [-0.15, -0.1) is 0 Å². The minimum Gasteiger partial charge on any atom is -0.354 e. The summed E-state index contributed by atoms with van der Waals surface area (Å²) in [6.45, 7) is 6.67. The highest BCUT2D eigenvalue weighted by molar-refractivity contribution is 5.15. The van der Waals surface area contributed by atoms with Gasteiger partial charge in [-0.25, -0.2) is 0 Å². The molecule has 0 saturated heterocycles. The lowest BCUT2D eigenvalue weighted by Crippen LogP contribution is -2.15. The van der Waals surface area contributed by atoms with Crippen LogP contribution in [0.2, 0.25) is 0 Å². The molecule has 0 amide bonds. The summed E-state index contributed by atoms with van der Waals surface area (Å²) in [5.41, 5.74) is 1.66. The van der Waals surface area contributed by atoms with Crippen LogP contribution in [0.4, 0.5) is 0 Å². The van der Waals surface area contributed by atoms with E-state index >= 15 is 0 Å². The van der Waals surface area contributed by atoms with Crippen molar-refractivity contribution < 1.29 is 0 Å². The Kier molecular flexibility index (Phi) is 1.59. The number of hydrogen-bond donors (Lipinski definition) is 0. The molecular formula is C9H15N. The zero-order valence-electron chi connectivity index (χ0n) is 7.18. The molecule has 1 aromatic rings. The quantitative estimate of drug-likeness (QED) is 0.517. The van der Waals surface area contributed by atoms with Crippen LogP contribution in [0.25, 0.3) is 0 Å². The summed E-state index contributed by atoms with van der Waals surface area (Å²) in [5, 5.41) is 0. The molecule has 0 aliphatic rings. The lowest BCUT2D eigenvalue weighted by atomic mass is 9.92. The van der Waals surface area contributed by atoms with Crippen molar-refractivity contribution in [1.82, 2.24) is 4.57 Å². The van der Waals surface area contributed by atoms with E-state index in [-0.39, 0.29) is 5.41 Å². The largest absolute Gasteiger partial charge is 0.354 e. The van der Waals surface area contributed by atoms with Crippen molar-refractivity contribution in [3.8, 4) is 0 Å². The smallest absolute Gasteiger partial charge is 0.0225 e. The van der Waals surface area contributed by atoms with Gasteiger partial charge in [0.15, 0.2) is 0 Å². The molecule has 0 radical (unpaired) electrons. The van der Waals surface area contributed by atoms with E-state index in [0.717, 1.165) is 0 Å². The van der Waals surface area contributed by atoms with E-state index in [9.17, 15) is 0 Å². The Hall–Kier alpha value is -0.720. The first kappa shape index (κ1) is 7.39. The predicted octanol–water partition coefficient (Wildman–Crippen LogP) is 2.32. The van der Waals surface area contributed by atoms with Crippen LogP contribution in [-0.2, 0) is 12.5 Å². The van der Waals surface area contributed by atoms with Crippen LogP contribution in [0, 0.1) is 0 Å². The van der Waals surface area contributed by atoms with Crippen LogP contribution in [0.5, 0.6) is 0 Å². The van der Waals surface area contributed by atoms with Gasteiger partial charge in [-0.3, -0.25) is 0 Å². The van der Waals surface area contributed by atoms with E-state index in [2.05, 4.69) is 50.7 Å². The molecular weight excluding hydrogens is 122 g/mol. The van der Waals surface area contributed by atoms with E-state index in [0.29, 0.717) is 0 Å². The van der Waals surface area contributed by atoms with Crippen LogP contribution in [0.15, 0.2) is 18.3 Å². The minimum absolute atomic E-state index is 0.276. The highest BCUT2D eigenvalue weighted by Gasteiger charge is 2.15. The molecule has 1 rings (SSSR count). The summed E-state index contributed by atoms with van der Waals surface area (Å²) in [6.07, 6.45) is 2.08. The van der Waals surface area contributed by atoms with Crippen LogP contribution < -0.4 is 0 Å². The van der Waals surface area contributed by atoms with Gasteiger partial charge in [-0.2, -0.15) is 0 Å². The molecule has 0 bridgehead atoms. The fraction of sp³-hybridized carbons (Fsp3) is 0.556. The van der Waals surface area contributed by atoms with Gasteiger partial charge in [0.2, 0.25) is 0 Å². The van der Waals surface area contributed by atoms with E-state index in [4.69, 9.17) is 0 Å². The SMILES string of the molecule is Cn1cccc1C(C)(C)C. The van der Waals surface area contributed by atoms with E-state index in [1.54, 1.807) is 0 Å². The maximum Gasteiger partial charge on any atom is 0.0225 e.